The van der Waals surface area contributed by atoms with Crippen molar-refractivity contribution in [1.82, 2.24) is 5.32 Å². The Bertz CT molecular complexity index is 633. The molecule has 0 radical (unpaired) electrons. The molecule has 1 heterocycles. The van der Waals surface area contributed by atoms with Crippen molar-refractivity contribution in [3.05, 3.63) is 0 Å². The van der Waals surface area contributed by atoms with Gasteiger partial charge in [-0.05, 0) is 80.0 Å². The molecular weight excluding hydrogens is 338 g/mol. The minimum atomic E-state index is -0.151. The molecule has 9 atom stereocenters. The van der Waals surface area contributed by atoms with Gasteiger partial charge in [-0.2, -0.15) is 0 Å². The molecule has 0 aromatic heterocycles. The highest BCUT2D eigenvalue weighted by Crippen LogP contribution is 2.67. The number of amides is 1. The second-order valence-electron chi connectivity index (χ2n) is 10.7. The lowest BCUT2D eigenvalue weighted by Gasteiger charge is -2.60. The number of nitrogens with one attached hydrogen (secondary N) is 1. The number of esters is 1. The summed E-state index contributed by atoms with van der Waals surface area (Å²) in [6.07, 6.45) is 7.89. The molecule has 4 nitrogen and oxygen atoms in total. The number of hydrogen-bond acceptors (Lipinski definition) is 3. The molecule has 1 aliphatic heterocycles. The average Bonchev–Trinajstić information content (AvgIpc) is 2.85. The van der Waals surface area contributed by atoms with Crippen LogP contribution in [-0.4, -0.2) is 24.0 Å². The van der Waals surface area contributed by atoms with Crippen LogP contribution in [0.1, 0.15) is 79.6 Å². The lowest BCUT2D eigenvalue weighted by atomic mass is 9.47. The molecule has 4 aliphatic rings. The lowest BCUT2D eigenvalue weighted by Crippen LogP contribution is -2.61. The maximum atomic E-state index is 12.0. The minimum absolute atomic E-state index is 0.00458. The van der Waals surface area contributed by atoms with Crippen LogP contribution in [0.15, 0.2) is 0 Å². The van der Waals surface area contributed by atoms with Crippen LogP contribution >= 0.6 is 0 Å². The second kappa shape index (κ2) is 6.49. The summed E-state index contributed by atoms with van der Waals surface area (Å²) in [6.45, 7) is 11.0. The molecule has 4 rings (SSSR count). The van der Waals surface area contributed by atoms with Gasteiger partial charge in [-0.25, -0.2) is 0 Å². The number of carbonyl (C=O) groups excluding carboxylic acids is 2. The van der Waals surface area contributed by atoms with E-state index in [9.17, 15) is 9.59 Å². The molecule has 1 amide bonds. The Labute approximate surface area is 164 Å². The van der Waals surface area contributed by atoms with E-state index in [0.717, 1.165) is 30.6 Å². The number of piperidine rings is 1. The maximum absolute atomic E-state index is 12.0. The van der Waals surface area contributed by atoms with Gasteiger partial charge in [0, 0.05) is 25.3 Å². The zero-order chi connectivity index (χ0) is 19.6. The van der Waals surface area contributed by atoms with Crippen molar-refractivity contribution in [3.63, 3.8) is 0 Å². The summed E-state index contributed by atoms with van der Waals surface area (Å²) < 4.78 is 5.69. The molecule has 0 aromatic carbocycles. The molecule has 3 saturated carbocycles. The van der Waals surface area contributed by atoms with E-state index in [4.69, 9.17) is 4.74 Å². The largest absolute Gasteiger partial charge is 0.463 e. The van der Waals surface area contributed by atoms with Crippen LogP contribution in [0.25, 0.3) is 0 Å². The normalized spacial score (nSPS) is 50.0. The first kappa shape index (κ1) is 19.3. The van der Waals surface area contributed by atoms with Crippen LogP contribution in [0.4, 0.5) is 0 Å². The summed E-state index contributed by atoms with van der Waals surface area (Å²) in [6, 6.07) is 0.374. The molecule has 1 saturated heterocycles. The molecule has 4 fully saturated rings. The fraction of sp³-hybridized carbons (Fsp3) is 0.913. The van der Waals surface area contributed by atoms with Crippen molar-refractivity contribution in [2.45, 2.75) is 91.7 Å². The van der Waals surface area contributed by atoms with Crippen molar-refractivity contribution >= 4 is 11.9 Å². The minimum Gasteiger partial charge on any atom is -0.463 e. The van der Waals surface area contributed by atoms with Crippen molar-refractivity contribution in [2.24, 2.45) is 40.4 Å². The number of ether oxygens (including phenoxy) is 1. The molecule has 0 bridgehead atoms. The highest BCUT2D eigenvalue weighted by molar-refractivity contribution is 5.77. The summed E-state index contributed by atoms with van der Waals surface area (Å²) in [5, 5.41) is 3.32. The van der Waals surface area contributed by atoms with Crippen LogP contribution in [0.3, 0.4) is 0 Å². The second-order valence-corrected chi connectivity index (χ2v) is 10.7. The van der Waals surface area contributed by atoms with Gasteiger partial charge in [0.1, 0.15) is 6.10 Å². The summed E-state index contributed by atoms with van der Waals surface area (Å²) in [5.41, 5.74) is 0.539. The summed E-state index contributed by atoms with van der Waals surface area (Å²) in [4.78, 5) is 23.5. The Morgan fingerprint density at radius 3 is 2.59 bits per heavy atom. The van der Waals surface area contributed by atoms with Crippen molar-refractivity contribution < 1.29 is 14.3 Å². The van der Waals surface area contributed by atoms with Gasteiger partial charge in [-0.1, -0.05) is 20.8 Å². The maximum Gasteiger partial charge on any atom is 0.302 e. The third kappa shape index (κ3) is 2.84. The molecule has 152 valence electrons. The highest BCUT2D eigenvalue weighted by Gasteiger charge is 2.62. The predicted octanol–water partition coefficient (Wildman–Crippen LogP) is 4.32. The molecular formula is C23H37NO3. The van der Waals surface area contributed by atoms with Gasteiger partial charge in [0.25, 0.3) is 0 Å². The molecule has 1 unspecified atom stereocenters. The smallest absolute Gasteiger partial charge is 0.302 e. The highest BCUT2D eigenvalue weighted by atomic mass is 16.5. The van der Waals surface area contributed by atoms with Crippen LogP contribution in [0.2, 0.25) is 0 Å². The van der Waals surface area contributed by atoms with E-state index >= 15 is 0 Å². The fourth-order valence-electron chi connectivity index (χ4n) is 8.44. The average molecular weight is 376 g/mol. The van der Waals surface area contributed by atoms with Crippen LogP contribution in [0.5, 0.6) is 0 Å². The van der Waals surface area contributed by atoms with E-state index < -0.39 is 0 Å². The van der Waals surface area contributed by atoms with Gasteiger partial charge in [0.2, 0.25) is 5.91 Å². The summed E-state index contributed by atoms with van der Waals surface area (Å²) >= 11 is 0. The number of fused-ring (bicyclic) bond motifs is 5. The zero-order valence-electron chi connectivity index (χ0n) is 17.7. The molecule has 3 aliphatic carbocycles. The Balaban J connectivity index is 1.60. The molecule has 0 aromatic rings. The summed E-state index contributed by atoms with van der Waals surface area (Å²) in [7, 11) is 0. The van der Waals surface area contributed by atoms with E-state index in [1.807, 2.05) is 0 Å². The van der Waals surface area contributed by atoms with Crippen molar-refractivity contribution in [3.8, 4) is 0 Å². The quantitative estimate of drug-likeness (QED) is 0.731. The first-order chi connectivity index (χ1) is 12.7. The molecule has 27 heavy (non-hydrogen) atoms. The zero-order valence-corrected chi connectivity index (χ0v) is 17.7. The number of hydrogen-bond donors (Lipinski definition) is 1. The van der Waals surface area contributed by atoms with Crippen molar-refractivity contribution in [1.29, 1.82) is 0 Å². The standard InChI is InChI=1S/C23H37NO3/c1-13-12-18-16-6-7-19-22(4,11-9-20(26)24-19)17(16)8-10-23(18,5)21(13)14(2)27-15(3)25/h13-14,16-19,21H,6-12H2,1-5H3,(H,24,26)/t13-,14?,16-,17+,18+,19-,21-,22-,23+/m1/s1. The Morgan fingerprint density at radius 1 is 1.15 bits per heavy atom. The SMILES string of the molecule is CC(=O)OC(C)[C@H]1[C@H](C)C[C@H]2[C@@H]3CC[C@H]4NC(=O)CC[C@]4(C)[C@H]3CC[C@@]21C. The van der Waals surface area contributed by atoms with Crippen molar-refractivity contribution in [2.75, 3.05) is 0 Å². The van der Waals surface area contributed by atoms with Gasteiger partial charge in [-0.15, -0.1) is 0 Å². The Hall–Kier alpha value is -1.06. The predicted molar refractivity (Wildman–Crippen MR) is 105 cm³/mol. The molecule has 0 spiro atoms. The van der Waals surface area contributed by atoms with E-state index in [0.29, 0.717) is 24.3 Å². The monoisotopic (exact) mass is 375 g/mol. The topological polar surface area (TPSA) is 55.4 Å². The van der Waals surface area contributed by atoms with Crippen LogP contribution < -0.4 is 5.32 Å². The van der Waals surface area contributed by atoms with Crippen LogP contribution in [-0.2, 0) is 14.3 Å². The Kier molecular flexibility index (Phi) is 4.63. The first-order valence-corrected chi connectivity index (χ1v) is 11.1. The summed E-state index contributed by atoms with van der Waals surface area (Å²) in [5.74, 6) is 3.38. The Morgan fingerprint density at radius 2 is 1.89 bits per heavy atom. The van der Waals surface area contributed by atoms with E-state index in [-0.39, 0.29) is 28.8 Å². The third-order valence-electron chi connectivity index (χ3n) is 9.39. The lowest BCUT2D eigenvalue weighted by molar-refractivity contribution is -0.156. The fourth-order valence-corrected chi connectivity index (χ4v) is 8.44. The van der Waals surface area contributed by atoms with Gasteiger partial charge in [0.15, 0.2) is 0 Å². The van der Waals surface area contributed by atoms with Gasteiger partial charge in [-0.3, -0.25) is 9.59 Å². The van der Waals surface area contributed by atoms with Gasteiger partial charge < -0.3 is 10.1 Å². The van der Waals surface area contributed by atoms with Gasteiger partial charge >= 0.3 is 5.97 Å². The molecule has 4 heteroatoms. The number of rotatable bonds is 2. The first-order valence-electron chi connectivity index (χ1n) is 11.1. The van der Waals surface area contributed by atoms with Gasteiger partial charge in [0.05, 0.1) is 0 Å². The van der Waals surface area contributed by atoms with E-state index in [1.54, 1.807) is 0 Å². The molecule has 1 N–H and O–H groups in total. The number of carbonyl (C=O) groups is 2. The van der Waals surface area contributed by atoms with E-state index in [1.165, 1.54) is 32.6 Å². The van der Waals surface area contributed by atoms with E-state index in [2.05, 4.69) is 33.0 Å². The van der Waals surface area contributed by atoms with Crippen LogP contribution in [0, 0.1) is 40.4 Å². The third-order valence-corrected chi connectivity index (χ3v) is 9.39.